The quantitative estimate of drug-likeness (QED) is 0.650. The molecular formula is C15H16N2O5. The zero-order chi connectivity index (χ0) is 16.3. The molecule has 1 amide bonds. The topological polar surface area (TPSA) is 106 Å². The third-order valence-corrected chi connectivity index (χ3v) is 3.31. The predicted octanol–water partition coefficient (Wildman–Crippen LogP) is 2.13. The van der Waals surface area contributed by atoms with Crippen molar-refractivity contribution in [3.63, 3.8) is 0 Å². The number of aryl methyl sites for hydroxylation is 1. The van der Waals surface area contributed by atoms with Gasteiger partial charge in [-0.1, -0.05) is 6.07 Å². The molecule has 0 saturated heterocycles. The Hall–Kier alpha value is -2.67. The molecule has 116 valence electrons. The maximum Gasteiger partial charge on any atom is 0.273 e. The molecule has 0 aliphatic heterocycles. The Morgan fingerprint density at radius 2 is 2.18 bits per heavy atom. The molecule has 0 bridgehead atoms. The summed E-state index contributed by atoms with van der Waals surface area (Å²) in [5.74, 6) is -0.183. The van der Waals surface area contributed by atoms with Gasteiger partial charge in [0.05, 0.1) is 17.7 Å². The average Bonchev–Trinajstić information content (AvgIpc) is 3.00. The van der Waals surface area contributed by atoms with Gasteiger partial charge in [-0.25, -0.2) is 0 Å². The van der Waals surface area contributed by atoms with Crippen LogP contribution in [0.2, 0.25) is 0 Å². The summed E-state index contributed by atoms with van der Waals surface area (Å²) in [6.45, 7) is 3.02. The third kappa shape index (κ3) is 3.32. The van der Waals surface area contributed by atoms with Gasteiger partial charge in [0.2, 0.25) is 0 Å². The van der Waals surface area contributed by atoms with Crippen LogP contribution in [0.25, 0.3) is 0 Å². The summed E-state index contributed by atoms with van der Waals surface area (Å²) >= 11 is 0. The average molecular weight is 304 g/mol. The largest absolute Gasteiger partial charge is 0.466 e. The molecule has 1 unspecified atom stereocenters. The molecule has 1 atom stereocenters. The predicted molar refractivity (Wildman–Crippen MR) is 78.4 cm³/mol. The van der Waals surface area contributed by atoms with E-state index in [2.05, 4.69) is 5.32 Å². The maximum absolute atomic E-state index is 12.1. The van der Waals surface area contributed by atoms with Gasteiger partial charge in [0.25, 0.3) is 11.6 Å². The SMILES string of the molecule is Cc1ccc(C(=O)NCC(C)(O)c2ccco2)cc1[N+](=O)[O-]. The first-order valence-electron chi connectivity index (χ1n) is 6.61. The van der Waals surface area contributed by atoms with E-state index in [1.165, 1.54) is 31.4 Å². The van der Waals surface area contributed by atoms with E-state index in [4.69, 9.17) is 4.42 Å². The fourth-order valence-corrected chi connectivity index (χ4v) is 1.97. The molecule has 0 aliphatic carbocycles. The molecule has 7 heteroatoms. The number of aliphatic hydroxyl groups is 1. The number of furan rings is 1. The molecule has 0 spiro atoms. The summed E-state index contributed by atoms with van der Waals surface area (Å²) < 4.78 is 5.11. The van der Waals surface area contributed by atoms with E-state index in [9.17, 15) is 20.0 Å². The Bertz CT molecular complexity index is 692. The summed E-state index contributed by atoms with van der Waals surface area (Å²) in [5.41, 5.74) is -0.849. The summed E-state index contributed by atoms with van der Waals surface area (Å²) in [7, 11) is 0. The lowest BCUT2D eigenvalue weighted by Crippen LogP contribution is -2.38. The molecular weight excluding hydrogens is 288 g/mol. The highest BCUT2D eigenvalue weighted by atomic mass is 16.6. The van der Waals surface area contributed by atoms with Crippen molar-refractivity contribution >= 4 is 11.6 Å². The minimum absolute atomic E-state index is 0.0823. The van der Waals surface area contributed by atoms with E-state index in [0.29, 0.717) is 11.3 Å². The van der Waals surface area contributed by atoms with Crippen molar-refractivity contribution in [1.82, 2.24) is 5.32 Å². The van der Waals surface area contributed by atoms with Crippen LogP contribution in [-0.4, -0.2) is 22.5 Å². The minimum atomic E-state index is -1.37. The van der Waals surface area contributed by atoms with Gasteiger partial charge in [-0.15, -0.1) is 0 Å². The molecule has 0 fully saturated rings. The second kappa shape index (κ2) is 5.98. The number of nitrogens with one attached hydrogen (secondary N) is 1. The molecule has 2 rings (SSSR count). The number of hydrogen-bond donors (Lipinski definition) is 2. The second-order valence-electron chi connectivity index (χ2n) is 5.19. The Balaban J connectivity index is 2.10. The molecule has 2 aromatic rings. The fraction of sp³-hybridized carbons (Fsp3) is 0.267. The van der Waals surface area contributed by atoms with Gasteiger partial charge in [0.1, 0.15) is 11.4 Å². The molecule has 1 aromatic carbocycles. The molecule has 7 nitrogen and oxygen atoms in total. The van der Waals surface area contributed by atoms with Gasteiger partial charge < -0.3 is 14.8 Å². The Morgan fingerprint density at radius 1 is 1.45 bits per heavy atom. The summed E-state index contributed by atoms with van der Waals surface area (Å²) in [6, 6.07) is 7.46. The number of nitro groups is 1. The van der Waals surface area contributed by atoms with E-state index >= 15 is 0 Å². The van der Waals surface area contributed by atoms with Crippen LogP contribution in [0, 0.1) is 17.0 Å². The summed E-state index contributed by atoms with van der Waals surface area (Å²) in [4.78, 5) is 22.4. The fourth-order valence-electron chi connectivity index (χ4n) is 1.97. The number of nitro benzene ring substituents is 1. The van der Waals surface area contributed by atoms with Gasteiger partial charge >= 0.3 is 0 Å². The van der Waals surface area contributed by atoms with Gasteiger partial charge in [-0.2, -0.15) is 0 Å². The first-order chi connectivity index (χ1) is 10.3. The van der Waals surface area contributed by atoms with Crippen LogP contribution in [0.15, 0.2) is 41.0 Å². The lowest BCUT2D eigenvalue weighted by Gasteiger charge is -2.21. The van der Waals surface area contributed by atoms with E-state index in [1.54, 1.807) is 19.1 Å². The minimum Gasteiger partial charge on any atom is -0.466 e. The van der Waals surface area contributed by atoms with Crippen LogP contribution in [-0.2, 0) is 5.60 Å². The first kappa shape index (κ1) is 15.7. The number of carbonyl (C=O) groups excluding carboxylic acids is 1. The standard InChI is InChI=1S/C15H16N2O5/c1-10-5-6-11(8-12(10)17(20)21)14(18)16-9-15(2,19)13-4-3-7-22-13/h3-8,19H,9H2,1-2H3,(H,16,18). The van der Waals surface area contributed by atoms with Gasteiger partial charge in [0, 0.05) is 17.2 Å². The van der Waals surface area contributed by atoms with Crippen molar-refractivity contribution < 1.29 is 19.2 Å². The van der Waals surface area contributed by atoms with Crippen molar-refractivity contribution in [2.24, 2.45) is 0 Å². The molecule has 2 N–H and O–H groups in total. The number of benzene rings is 1. The lowest BCUT2D eigenvalue weighted by atomic mass is 10.0. The van der Waals surface area contributed by atoms with Gasteiger partial charge in [-0.3, -0.25) is 14.9 Å². The van der Waals surface area contributed by atoms with E-state index in [0.717, 1.165) is 0 Å². The van der Waals surface area contributed by atoms with Crippen molar-refractivity contribution in [2.75, 3.05) is 6.54 Å². The van der Waals surface area contributed by atoms with Crippen molar-refractivity contribution in [3.05, 3.63) is 63.6 Å². The molecule has 22 heavy (non-hydrogen) atoms. The maximum atomic E-state index is 12.1. The third-order valence-electron chi connectivity index (χ3n) is 3.31. The van der Waals surface area contributed by atoms with E-state index in [-0.39, 0.29) is 17.8 Å². The van der Waals surface area contributed by atoms with E-state index in [1.807, 2.05) is 0 Å². The van der Waals surface area contributed by atoms with Crippen molar-refractivity contribution in [2.45, 2.75) is 19.4 Å². The highest BCUT2D eigenvalue weighted by Crippen LogP contribution is 2.21. The molecule has 0 saturated carbocycles. The van der Waals surface area contributed by atoms with Crippen molar-refractivity contribution in [3.8, 4) is 0 Å². The van der Waals surface area contributed by atoms with Crippen LogP contribution in [0.1, 0.15) is 28.6 Å². The van der Waals surface area contributed by atoms with Crippen LogP contribution in [0.4, 0.5) is 5.69 Å². The van der Waals surface area contributed by atoms with Crippen molar-refractivity contribution in [1.29, 1.82) is 0 Å². The van der Waals surface area contributed by atoms with Gasteiger partial charge in [0.15, 0.2) is 0 Å². The van der Waals surface area contributed by atoms with Crippen LogP contribution >= 0.6 is 0 Å². The molecule has 0 radical (unpaired) electrons. The number of nitrogens with zero attached hydrogens (tertiary/aromatic N) is 1. The van der Waals surface area contributed by atoms with Gasteiger partial charge in [-0.05, 0) is 32.0 Å². The Morgan fingerprint density at radius 3 is 2.77 bits per heavy atom. The molecule has 1 heterocycles. The highest BCUT2D eigenvalue weighted by Gasteiger charge is 2.27. The number of carbonyl (C=O) groups is 1. The Kier molecular flexibility index (Phi) is 4.27. The van der Waals surface area contributed by atoms with Crippen LogP contribution in [0.5, 0.6) is 0 Å². The summed E-state index contributed by atoms with van der Waals surface area (Å²) in [6.07, 6.45) is 1.43. The monoisotopic (exact) mass is 304 g/mol. The van der Waals surface area contributed by atoms with Crippen LogP contribution in [0.3, 0.4) is 0 Å². The number of amides is 1. The zero-order valence-corrected chi connectivity index (χ0v) is 12.2. The summed E-state index contributed by atoms with van der Waals surface area (Å²) in [5, 5.41) is 23.7. The normalized spacial score (nSPS) is 13.4. The number of hydrogen-bond acceptors (Lipinski definition) is 5. The smallest absolute Gasteiger partial charge is 0.273 e. The number of rotatable bonds is 5. The lowest BCUT2D eigenvalue weighted by molar-refractivity contribution is -0.385. The molecule has 0 aliphatic rings. The second-order valence-corrected chi connectivity index (χ2v) is 5.19. The molecule has 1 aromatic heterocycles. The van der Waals surface area contributed by atoms with Crippen LogP contribution < -0.4 is 5.32 Å². The highest BCUT2D eigenvalue weighted by molar-refractivity contribution is 5.95. The first-order valence-corrected chi connectivity index (χ1v) is 6.61. The van der Waals surface area contributed by atoms with E-state index < -0.39 is 16.4 Å². The Labute approximate surface area is 126 Å². The zero-order valence-electron chi connectivity index (χ0n) is 12.2.